The molecule has 2 aromatic heterocycles. The highest BCUT2D eigenvalue weighted by atomic mass is 32.2. The summed E-state index contributed by atoms with van der Waals surface area (Å²) in [6, 6.07) is 8.30. The van der Waals surface area contributed by atoms with Crippen LogP contribution in [-0.2, 0) is 14.6 Å². The molecule has 0 saturated carbocycles. The van der Waals surface area contributed by atoms with Crippen molar-refractivity contribution < 1.29 is 13.2 Å². The molecule has 8 nitrogen and oxygen atoms in total. The number of aromatic nitrogens is 4. The van der Waals surface area contributed by atoms with Gasteiger partial charge in [-0.3, -0.25) is 0 Å². The second kappa shape index (κ2) is 7.92. The highest BCUT2D eigenvalue weighted by Gasteiger charge is 2.23. The Morgan fingerprint density at radius 3 is 2.69 bits per heavy atom. The largest absolute Gasteiger partial charge is 0.378 e. The number of hydrogen-bond donors (Lipinski definition) is 2. The zero-order valence-corrected chi connectivity index (χ0v) is 17.1. The zero-order valence-electron chi connectivity index (χ0n) is 16.3. The number of nitrogens with one attached hydrogen (secondary N) is 2. The number of rotatable bonds is 5. The van der Waals surface area contributed by atoms with Crippen LogP contribution < -0.4 is 5.32 Å². The lowest BCUT2D eigenvalue weighted by Crippen LogP contribution is -2.22. The van der Waals surface area contributed by atoms with Crippen LogP contribution in [0.25, 0.3) is 11.4 Å². The fraction of sp³-hybridized carbons (Fsp3) is 0.350. The van der Waals surface area contributed by atoms with Crippen molar-refractivity contribution in [3.8, 4) is 11.4 Å². The Hall–Kier alpha value is -2.78. The lowest BCUT2D eigenvalue weighted by molar-refractivity contribution is 0.0174. The molecule has 3 aromatic rings. The van der Waals surface area contributed by atoms with Crippen molar-refractivity contribution in [3.05, 3.63) is 48.5 Å². The number of sulfone groups is 1. The van der Waals surface area contributed by atoms with E-state index in [4.69, 9.17) is 4.74 Å². The predicted octanol–water partition coefficient (Wildman–Crippen LogP) is 3.30. The molecule has 2 N–H and O–H groups in total. The Kier molecular flexibility index (Phi) is 5.33. The van der Waals surface area contributed by atoms with E-state index in [1.165, 1.54) is 6.26 Å². The summed E-state index contributed by atoms with van der Waals surface area (Å²) in [5.74, 6) is 1.74. The molecule has 1 aliphatic heterocycles. The number of anilines is 2. The molecule has 3 heterocycles. The predicted molar refractivity (Wildman–Crippen MR) is 110 cm³/mol. The van der Waals surface area contributed by atoms with Gasteiger partial charge in [-0.05, 0) is 50.1 Å². The summed E-state index contributed by atoms with van der Waals surface area (Å²) in [5, 5.41) is 3.10. The van der Waals surface area contributed by atoms with Gasteiger partial charge in [0.1, 0.15) is 5.82 Å². The van der Waals surface area contributed by atoms with Gasteiger partial charge < -0.3 is 15.0 Å². The quantitative estimate of drug-likeness (QED) is 0.660. The topological polar surface area (TPSA) is 110 Å². The van der Waals surface area contributed by atoms with Crippen LogP contribution in [0, 0.1) is 0 Å². The molecule has 2 unspecified atom stereocenters. The number of aromatic amines is 1. The van der Waals surface area contributed by atoms with Crippen LogP contribution in [0.15, 0.2) is 47.6 Å². The second-order valence-corrected chi connectivity index (χ2v) is 9.29. The molecule has 0 amide bonds. The minimum absolute atomic E-state index is 0.242. The molecule has 0 radical (unpaired) electrons. The molecule has 4 rings (SSSR count). The summed E-state index contributed by atoms with van der Waals surface area (Å²) >= 11 is 0. The molecule has 0 aliphatic carbocycles. The van der Waals surface area contributed by atoms with Gasteiger partial charge >= 0.3 is 0 Å². The summed E-state index contributed by atoms with van der Waals surface area (Å²) in [6.45, 7) is 2.84. The number of H-pyrrole nitrogens is 1. The smallest absolute Gasteiger partial charge is 0.227 e. The molecule has 0 bridgehead atoms. The van der Waals surface area contributed by atoms with Gasteiger partial charge in [-0.15, -0.1) is 0 Å². The molecule has 2 atom stereocenters. The first-order valence-corrected chi connectivity index (χ1v) is 11.3. The lowest BCUT2D eigenvalue weighted by Gasteiger charge is -2.25. The van der Waals surface area contributed by atoms with Crippen LogP contribution in [0.5, 0.6) is 0 Å². The number of hydrogen-bond acceptors (Lipinski definition) is 7. The van der Waals surface area contributed by atoms with Crippen molar-refractivity contribution in [2.75, 3.05) is 18.2 Å². The van der Waals surface area contributed by atoms with E-state index in [0.717, 1.165) is 36.7 Å². The summed E-state index contributed by atoms with van der Waals surface area (Å²) < 4.78 is 28.8. The summed E-state index contributed by atoms with van der Waals surface area (Å²) in [7, 11) is -3.22. The number of imidazole rings is 1. The third-order valence-electron chi connectivity index (χ3n) is 4.94. The van der Waals surface area contributed by atoms with Crippen LogP contribution in [-0.4, -0.2) is 47.3 Å². The van der Waals surface area contributed by atoms with Gasteiger partial charge in [0.05, 0.1) is 28.6 Å². The van der Waals surface area contributed by atoms with Gasteiger partial charge in [-0.25, -0.2) is 23.4 Å². The van der Waals surface area contributed by atoms with E-state index in [2.05, 4.69) is 32.2 Å². The van der Waals surface area contributed by atoms with Crippen molar-refractivity contribution in [1.82, 2.24) is 19.9 Å². The van der Waals surface area contributed by atoms with Gasteiger partial charge in [-0.1, -0.05) is 0 Å². The average molecular weight is 414 g/mol. The highest BCUT2D eigenvalue weighted by molar-refractivity contribution is 7.90. The van der Waals surface area contributed by atoms with E-state index in [9.17, 15) is 8.42 Å². The molecule has 9 heteroatoms. The fourth-order valence-electron chi connectivity index (χ4n) is 3.40. The molecule has 0 spiro atoms. The molecule has 1 aliphatic rings. The average Bonchev–Trinajstić information content (AvgIpc) is 3.18. The minimum Gasteiger partial charge on any atom is -0.378 e. The minimum atomic E-state index is -3.22. The van der Waals surface area contributed by atoms with Gasteiger partial charge in [0.25, 0.3) is 0 Å². The Morgan fingerprint density at radius 2 is 1.97 bits per heavy atom. The first kappa shape index (κ1) is 19.5. The molecule has 1 fully saturated rings. The van der Waals surface area contributed by atoms with Crippen molar-refractivity contribution in [1.29, 1.82) is 0 Å². The van der Waals surface area contributed by atoms with E-state index in [1.807, 2.05) is 6.07 Å². The van der Waals surface area contributed by atoms with Gasteiger partial charge in [-0.2, -0.15) is 0 Å². The highest BCUT2D eigenvalue weighted by Crippen LogP contribution is 2.29. The summed E-state index contributed by atoms with van der Waals surface area (Å²) in [4.78, 5) is 17.0. The van der Waals surface area contributed by atoms with Crippen LogP contribution in [0.4, 0.5) is 11.6 Å². The van der Waals surface area contributed by atoms with Gasteiger partial charge in [0, 0.05) is 30.7 Å². The standard InChI is InChI=1S/C20H23N5O3S/c1-13-11-14(8-10-28-13)19-22-12-18(24-19)17-7-9-21-20(25-17)23-15-3-5-16(6-4-15)29(2,26)27/h3-7,9,12-14H,8,10-11H2,1-2H3,(H,22,24)(H,21,23,25). The maximum absolute atomic E-state index is 11.6. The molecule has 29 heavy (non-hydrogen) atoms. The number of nitrogens with zero attached hydrogens (tertiary/aromatic N) is 3. The fourth-order valence-corrected chi connectivity index (χ4v) is 4.03. The SMILES string of the molecule is CC1CC(c2ncc(-c3ccnc(Nc4ccc(S(C)(=O)=O)cc4)n3)[nH]2)CCO1. The van der Waals surface area contributed by atoms with E-state index < -0.39 is 9.84 Å². The Morgan fingerprint density at radius 1 is 1.17 bits per heavy atom. The van der Waals surface area contributed by atoms with E-state index in [-0.39, 0.29) is 11.0 Å². The number of ether oxygens (including phenoxy) is 1. The molecule has 1 saturated heterocycles. The van der Waals surface area contributed by atoms with Crippen LogP contribution in [0.3, 0.4) is 0 Å². The maximum Gasteiger partial charge on any atom is 0.227 e. The third-order valence-corrected chi connectivity index (χ3v) is 6.07. The van der Waals surface area contributed by atoms with Crippen molar-refractivity contribution >= 4 is 21.5 Å². The first-order valence-electron chi connectivity index (χ1n) is 9.45. The first-order chi connectivity index (χ1) is 13.9. The number of benzene rings is 1. The summed E-state index contributed by atoms with van der Waals surface area (Å²) in [6.07, 6.45) is 6.80. The zero-order chi connectivity index (χ0) is 20.4. The third kappa shape index (κ3) is 4.63. The molecule has 1 aromatic carbocycles. The van der Waals surface area contributed by atoms with Crippen molar-refractivity contribution in [3.63, 3.8) is 0 Å². The van der Waals surface area contributed by atoms with Gasteiger partial charge in [0.2, 0.25) is 5.95 Å². The van der Waals surface area contributed by atoms with E-state index in [1.54, 1.807) is 36.7 Å². The lowest BCUT2D eigenvalue weighted by atomic mass is 9.96. The normalized spacial score (nSPS) is 19.8. The van der Waals surface area contributed by atoms with Crippen molar-refractivity contribution in [2.45, 2.75) is 36.7 Å². The van der Waals surface area contributed by atoms with E-state index in [0.29, 0.717) is 17.6 Å². The van der Waals surface area contributed by atoms with Gasteiger partial charge in [0.15, 0.2) is 9.84 Å². The molecular weight excluding hydrogens is 390 g/mol. The Labute approximate surface area is 169 Å². The van der Waals surface area contributed by atoms with Crippen LogP contribution in [0.2, 0.25) is 0 Å². The van der Waals surface area contributed by atoms with Crippen LogP contribution >= 0.6 is 0 Å². The Balaban J connectivity index is 1.50. The monoisotopic (exact) mass is 413 g/mol. The Bertz CT molecular complexity index is 1100. The summed E-state index contributed by atoms with van der Waals surface area (Å²) in [5.41, 5.74) is 2.27. The molecule has 152 valence electrons. The van der Waals surface area contributed by atoms with Crippen molar-refractivity contribution in [2.24, 2.45) is 0 Å². The van der Waals surface area contributed by atoms with Crippen LogP contribution in [0.1, 0.15) is 31.5 Å². The maximum atomic E-state index is 11.6. The second-order valence-electron chi connectivity index (χ2n) is 7.27. The van der Waals surface area contributed by atoms with E-state index >= 15 is 0 Å². The molecular formula is C20H23N5O3S.